The van der Waals surface area contributed by atoms with Gasteiger partial charge in [0.15, 0.2) is 6.10 Å². The van der Waals surface area contributed by atoms with Gasteiger partial charge >= 0.3 is 5.97 Å². The molecule has 0 amide bonds. The number of pyridine rings is 1. The van der Waals surface area contributed by atoms with Crippen LogP contribution in [-0.2, 0) is 14.8 Å². The first kappa shape index (κ1) is 24.6. The number of ether oxygens (including phenoxy) is 1. The molecule has 2 N–H and O–H groups in total. The van der Waals surface area contributed by atoms with Crippen molar-refractivity contribution in [1.82, 2.24) is 4.98 Å². The fourth-order valence-corrected chi connectivity index (χ4v) is 4.95. The number of rotatable bonds is 11. The number of unbranched alkanes of at least 4 members (excludes halogenated alkanes) is 1. The number of aromatic nitrogens is 1. The summed E-state index contributed by atoms with van der Waals surface area (Å²) >= 11 is 0. The second-order valence-corrected chi connectivity index (χ2v) is 9.83. The minimum Gasteiger partial charge on any atom is -0.479 e. The summed E-state index contributed by atoms with van der Waals surface area (Å²) in [5, 5.41) is 9.37. The van der Waals surface area contributed by atoms with Crippen LogP contribution < -0.4 is 19.3 Å². The molecule has 1 fully saturated rings. The topological polar surface area (TPSA) is 112 Å². The SMILES string of the molecule is CCCCS(=O)(=O)Nc1cc(N2CCN(c3ccncc3)CC2)ccc1OC(CC)C(=O)O. The number of hydrogen-bond donors (Lipinski definition) is 2. The maximum atomic E-state index is 12.6. The Bertz CT molecular complexity index is 1020. The van der Waals surface area contributed by atoms with Crippen LogP contribution in [0.2, 0.25) is 0 Å². The third kappa shape index (κ3) is 6.74. The molecular weight excluding hydrogens is 444 g/mol. The zero-order valence-electron chi connectivity index (χ0n) is 19.1. The van der Waals surface area contributed by atoms with E-state index in [-0.39, 0.29) is 23.6 Å². The van der Waals surface area contributed by atoms with E-state index in [1.165, 1.54) is 0 Å². The number of hydrogen-bond acceptors (Lipinski definition) is 7. The maximum absolute atomic E-state index is 12.6. The highest BCUT2D eigenvalue weighted by Crippen LogP contribution is 2.33. The van der Waals surface area contributed by atoms with Gasteiger partial charge in [-0.25, -0.2) is 13.2 Å². The fraction of sp³-hybridized carbons (Fsp3) is 0.478. The second kappa shape index (κ2) is 11.2. The van der Waals surface area contributed by atoms with E-state index in [0.29, 0.717) is 6.42 Å². The number of carbonyl (C=O) groups is 1. The Morgan fingerprint density at radius 2 is 1.73 bits per heavy atom. The molecule has 2 heterocycles. The van der Waals surface area contributed by atoms with Crippen LogP contribution in [-0.4, -0.2) is 62.5 Å². The van der Waals surface area contributed by atoms with E-state index in [9.17, 15) is 18.3 Å². The number of benzene rings is 1. The minimum atomic E-state index is -3.58. The number of nitrogens with zero attached hydrogens (tertiary/aromatic N) is 3. The van der Waals surface area contributed by atoms with Gasteiger partial charge in [-0.3, -0.25) is 9.71 Å². The van der Waals surface area contributed by atoms with E-state index in [4.69, 9.17) is 4.74 Å². The number of sulfonamides is 1. The van der Waals surface area contributed by atoms with Gasteiger partial charge in [0.25, 0.3) is 0 Å². The molecule has 180 valence electrons. The van der Waals surface area contributed by atoms with Gasteiger partial charge in [0, 0.05) is 49.9 Å². The molecule has 1 aliphatic rings. The van der Waals surface area contributed by atoms with Crippen molar-refractivity contribution in [3.63, 3.8) is 0 Å². The number of piperazine rings is 1. The lowest BCUT2D eigenvalue weighted by Gasteiger charge is -2.37. The van der Waals surface area contributed by atoms with Gasteiger partial charge in [0.1, 0.15) is 5.75 Å². The Hall–Kier alpha value is -3.01. The summed E-state index contributed by atoms with van der Waals surface area (Å²) in [6.07, 6.45) is 4.04. The Labute approximate surface area is 195 Å². The molecule has 0 aliphatic carbocycles. The lowest BCUT2D eigenvalue weighted by molar-refractivity contribution is -0.145. The molecule has 1 unspecified atom stereocenters. The molecule has 0 spiro atoms. The van der Waals surface area contributed by atoms with E-state index in [0.717, 1.165) is 44.0 Å². The summed E-state index contributed by atoms with van der Waals surface area (Å²) < 4.78 is 33.4. The van der Waals surface area contributed by atoms with E-state index < -0.39 is 22.1 Å². The van der Waals surface area contributed by atoms with Crippen LogP contribution in [0, 0.1) is 0 Å². The summed E-state index contributed by atoms with van der Waals surface area (Å²) in [6, 6.07) is 9.19. The Morgan fingerprint density at radius 1 is 1.09 bits per heavy atom. The third-order valence-electron chi connectivity index (χ3n) is 5.58. The zero-order chi connectivity index (χ0) is 23.8. The molecular formula is C23H32N4O5S. The van der Waals surface area contributed by atoms with Gasteiger partial charge in [-0.2, -0.15) is 0 Å². The van der Waals surface area contributed by atoms with Crippen LogP contribution in [0.3, 0.4) is 0 Å². The average Bonchev–Trinajstić information content (AvgIpc) is 2.82. The highest BCUT2D eigenvalue weighted by atomic mass is 32.2. The van der Waals surface area contributed by atoms with Crippen molar-refractivity contribution in [2.75, 3.05) is 46.5 Å². The normalized spacial score (nSPS) is 15.2. The van der Waals surface area contributed by atoms with Crippen LogP contribution in [0.25, 0.3) is 0 Å². The summed E-state index contributed by atoms with van der Waals surface area (Å²) in [4.78, 5) is 20.0. The molecule has 1 saturated heterocycles. The molecule has 0 bridgehead atoms. The molecule has 10 heteroatoms. The lowest BCUT2D eigenvalue weighted by Crippen LogP contribution is -2.46. The fourth-order valence-electron chi connectivity index (χ4n) is 3.69. The van der Waals surface area contributed by atoms with Crippen molar-refractivity contribution in [3.8, 4) is 5.75 Å². The van der Waals surface area contributed by atoms with Gasteiger partial charge in [-0.05, 0) is 43.2 Å². The van der Waals surface area contributed by atoms with Crippen LogP contribution in [0.15, 0.2) is 42.7 Å². The van der Waals surface area contributed by atoms with Crippen LogP contribution in [0.5, 0.6) is 5.75 Å². The first-order chi connectivity index (χ1) is 15.8. The van der Waals surface area contributed by atoms with Crippen molar-refractivity contribution in [2.45, 2.75) is 39.2 Å². The third-order valence-corrected chi connectivity index (χ3v) is 6.94. The second-order valence-electron chi connectivity index (χ2n) is 7.99. The molecule has 9 nitrogen and oxygen atoms in total. The molecule has 1 aromatic carbocycles. The zero-order valence-corrected chi connectivity index (χ0v) is 19.9. The smallest absolute Gasteiger partial charge is 0.344 e. The van der Waals surface area contributed by atoms with Crippen molar-refractivity contribution >= 4 is 33.1 Å². The molecule has 1 aliphatic heterocycles. The molecule has 0 saturated carbocycles. The maximum Gasteiger partial charge on any atom is 0.344 e. The average molecular weight is 477 g/mol. The molecule has 3 rings (SSSR count). The quantitative estimate of drug-likeness (QED) is 0.509. The van der Waals surface area contributed by atoms with Crippen molar-refractivity contribution in [2.24, 2.45) is 0 Å². The summed E-state index contributed by atoms with van der Waals surface area (Å²) in [6.45, 7) is 6.79. The number of carboxylic acid groups (broad SMARTS) is 1. The standard InChI is InChI=1S/C23H32N4O5S/c1-3-5-16-33(30,31)25-20-17-19(6-7-22(20)32-21(4-2)23(28)29)27-14-12-26(13-15-27)18-8-10-24-11-9-18/h6-11,17,21,25H,3-5,12-16H2,1-2H3,(H,28,29). The van der Waals surface area contributed by atoms with E-state index >= 15 is 0 Å². The van der Waals surface area contributed by atoms with E-state index in [1.807, 2.05) is 25.1 Å². The Kier molecular flexibility index (Phi) is 8.37. The largest absolute Gasteiger partial charge is 0.479 e. The predicted molar refractivity (Wildman–Crippen MR) is 130 cm³/mol. The number of anilines is 3. The lowest BCUT2D eigenvalue weighted by atomic mass is 10.2. The summed E-state index contributed by atoms with van der Waals surface area (Å²) in [5.74, 6) is -0.884. The van der Waals surface area contributed by atoms with Crippen LogP contribution >= 0.6 is 0 Å². The number of aliphatic carboxylic acids is 1. The van der Waals surface area contributed by atoms with Gasteiger partial charge in [-0.15, -0.1) is 0 Å². The van der Waals surface area contributed by atoms with E-state index in [2.05, 4.69) is 19.5 Å². The van der Waals surface area contributed by atoms with Gasteiger partial charge < -0.3 is 19.6 Å². The summed E-state index contributed by atoms with van der Waals surface area (Å²) in [5.41, 5.74) is 2.24. The Balaban J connectivity index is 1.80. The van der Waals surface area contributed by atoms with E-state index in [1.54, 1.807) is 31.5 Å². The van der Waals surface area contributed by atoms with Crippen LogP contribution in [0.4, 0.5) is 17.1 Å². The summed E-state index contributed by atoms with van der Waals surface area (Å²) in [7, 11) is -3.58. The van der Waals surface area contributed by atoms with Gasteiger partial charge in [0.2, 0.25) is 10.0 Å². The molecule has 2 aromatic rings. The van der Waals surface area contributed by atoms with Crippen LogP contribution in [0.1, 0.15) is 33.1 Å². The molecule has 33 heavy (non-hydrogen) atoms. The van der Waals surface area contributed by atoms with Gasteiger partial charge in [-0.1, -0.05) is 20.3 Å². The highest BCUT2D eigenvalue weighted by molar-refractivity contribution is 7.92. The Morgan fingerprint density at radius 3 is 2.30 bits per heavy atom. The molecule has 1 atom stereocenters. The van der Waals surface area contributed by atoms with Crippen molar-refractivity contribution in [1.29, 1.82) is 0 Å². The number of nitrogens with one attached hydrogen (secondary N) is 1. The predicted octanol–water partition coefficient (Wildman–Crippen LogP) is 3.19. The molecule has 0 radical (unpaired) electrons. The first-order valence-corrected chi connectivity index (χ1v) is 12.9. The number of carboxylic acids is 1. The highest BCUT2D eigenvalue weighted by Gasteiger charge is 2.23. The minimum absolute atomic E-state index is 0.00604. The van der Waals surface area contributed by atoms with Crippen molar-refractivity contribution in [3.05, 3.63) is 42.7 Å². The van der Waals surface area contributed by atoms with Crippen molar-refractivity contribution < 1.29 is 23.1 Å². The van der Waals surface area contributed by atoms with Gasteiger partial charge in [0.05, 0.1) is 11.4 Å². The first-order valence-electron chi connectivity index (χ1n) is 11.3. The molecule has 1 aromatic heterocycles. The monoisotopic (exact) mass is 476 g/mol.